The molecule has 0 aliphatic rings. The third-order valence-corrected chi connectivity index (χ3v) is 3.22. The predicted molar refractivity (Wildman–Crippen MR) is 70.8 cm³/mol. The summed E-state index contributed by atoms with van der Waals surface area (Å²) in [5, 5.41) is 1.46. The van der Waals surface area contributed by atoms with Crippen molar-refractivity contribution in [3.05, 3.63) is 33.8 Å². The van der Waals surface area contributed by atoms with E-state index in [-0.39, 0.29) is 6.04 Å². The lowest BCUT2D eigenvalue weighted by atomic mass is 10.0. The first kappa shape index (κ1) is 13.8. The first-order valence-electron chi connectivity index (χ1n) is 5.57. The van der Waals surface area contributed by atoms with Crippen molar-refractivity contribution >= 4 is 23.2 Å². The molecule has 4 heteroatoms. The molecule has 90 valence electrons. The SMILES string of the molecule is CCCCC(Cc1cc(Cl)ccc1Cl)NN. The van der Waals surface area contributed by atoms with E-state index in [1.807, 2.05) is 12.1 Å². The molecule has 1 atom stereocenters. The van der Waals surface area contributed by atoms with Crippen molar-refractivity contribution in [1.82, 2.24) is 5.43 Å². The molecule has 1 rings (SSSR count). The van der Waals surface area contributed by atoms with Gasteiger partial charge in [-0.1, -0.05) is 43.0 Å². The van der Waals surface area contributed by atoms with Gasteiger partial charge in [0.1, 0.15) is 0 Å². The van der Waals surface area contributed by atoms with E-state index in [0.29, 0.717) is 5.02 Å². The van der Waals surface area contributed by atoms with Gasteiger partial charge in [0.2, 0.25) is 0 Å². The van der Waals surface area contributed by atoms with Gasteiger partial charge >= 0.3 is 0 Å². The second-order valence-corrected chi connectivity index (χ2v) is 4.79. The number of nitrogens with one attached hydrogen (secondary N) is 1. The third-order valence-electron chi connectivity index (χ3n) is 2.62. The van der Waals surface area contributed by atoms with Gasteiger partial charge in [0, 0.05) is 16.1 Å². The summed E-state index contributed by atoms with van der Waals surface area (Å²) in [5.74, 6) is 5.52. The van der Waals surface area contributed by atoms with Crippen LogP contribution in [0.2, 0.25) is 10.0 Å². The Hall–Kier alpha value is -0.280. The molecule has 1 aromatic rings. The molecular formula is C12H18Cl2N2. The lowest BCUT2D eigenvalue weighted by Crippen LogP contribution is -2.36. The standard InChI is InChI=1S/C12H18Cl2N2/c1-2-3-4-11(16-15)8-9-7-10(13)5-6-12(9)14/h5-7,11,16H,2-4,8,15H2,1H3. The average molecular weight is 261 g/mol. The zero-order chi connectivity index (χ0) is 12.0. The van der Waals surface area contributed by atoms with Gasteiger partial charge in [-0.3, -0.25) is 11.3 Å². The van der Waals surface area contributed by atoms with Crippen LogP contribution < -0.4 is 11.3 Å². The molecule has 0 bridgehead atoms. The number of hydrazine groups is 1. The molecule has 0 aromatic heterocycles. The number of hydrogen-bond acceptors (Lipinski definition) is 2. The summed E-state index contributed by atoms with van der Waals surface area (Å²) in [6, 6.07) is 5.79. The van der Waals surface area contributed by atoms with Crippen LogP contribution in [0.3, 0.4) is 0 Å². The molecular weight excluding hydrogens is 243 g/mol. The van der Waals surface area contributed by atoms with Crippen LogP contribution in [-0.4, -0.2) is 6.04 Å². The highest BCUT2D eigenvalue weighted by atomic mass is 35.5. The normalized spacial score (nSPS) is 12.8. The summed E-state index contributed by atoms with van der Waals surface area (Å²) in [5.41, 5.74) is 3.88. The lowest BCUT2D eigenvalue weighted by molar-refractivity contribution is 0.473. The van der Waals surface area contributed by atoms with Crippen molar-refractivity contribution in [3.8, 4) is 0 Å². The summed E-state index contributed by atoms with van der Waals surface area (Å²) < 4.78 is 0. The Balaban J connectivity index is 2.65. The van der Waals surface area contributed by atoms with E-state index in [1.165, 1.54) is 6.42 Å². The lowest BCUT2D eigenvalue weighted by Gasteiger charge is -2.16. The van der Waals surface area contributed by atoms with Crippen molar-refractivity contribution < 1.29 is 0 Å². The van der Waals surface area contributed by atoms with Crippen LogP contribution in [0, 0.1) is 0 Å². The zero-order valence-corrected chi connectivity index (χ0v) is 11.0. The highest BCUT2D eigenvalue weighted by molar-refractivity contribution is 6.33. The first-order chi connectivity index (χ1) is 7.67. The molecule has 0 saturated carbocycles. The quantitative estimate of drug-likeness (QED) is 0.607. The van der Waals surface area contributed by atoms with Crippen LogP contribution in [0.25, 0.3) is 0 Å². The van der Waals surface area contributed by atoms with Gasteiger partial charge in [0.05, 0.1) is 0 Å². The minimum atomic E-state index is 0.260. The molecule has 0 aliphatic heterocycles. The van der Waals surface area contributed by atoms with Gasteiger partial charge in [-0.25, -0.2) is 0 Å². The highest BCUT2D eigenvalue weighted by Gasteiger charge is 2.10. The summed E-state index contributed by atoms with van der Waals surface area (Å²) in [4.78, 5) is 0. The number of nitrogens with two attached hydrogens (primary N) is 1. The average Bonchev–Trinajstić information content (AvgIpc) is 2.28. The molecule has 0 amide bonds. The fraction of sp³-hybridized carbons (Fsp3) is 0.500. The highest BCUT2D eigenvalue weighted by Crippen LogP contribution is 2.22. The minimum absolute atomic E-state index is 0.260. The zero-order valence-electron chi connectivity index (χ0n) is 9.47. The van der Waals surface area contributed by atoms with E-state index < -0.39 is 0 Å². The molecule has 0 saturated heterocycles. The van der Waals surface area contributed by atoms with Gasteiger partial charge in [0.15, 0.2) is 0 Å². The monoisotopic (exact) mass is 260 g/mol. The summed E-state index contributed by atoms with van der Waals surface area (Å²) >= 11 is 12.0. The van der Waals surface area contributed by atoms with Gasteiger partial charge in [0.25, 0.3) is 0 Å². The Morgan fingerprint density at radius 1 is 1.38 bits per heavy atom. The predicted octanol–water partition coefficient (Wildman–Crippen LogP) is 3.56. The Bertz CT molecular complexity index is 329. The second-order valence-electron chi connectivity index (χ2n) is 3.95. The Morgan fingerprint density at radius 2 is 2.12 bits per heavy atom. The van der Waals surface area contributed by atoms with Crippen molar-refractivity contribution in [2.75, 3.05) is 0 Å². The fourth-order valence-electron chi connectivity index (χ4n) is 1.66. The molecule has 0 aliphatic carbocycles. The van der Waals surface area contributed by atoms with Crippen molar-refractivity contribution in [2.24, 2.45) is 5.84 Å². The molecule has 0 heterocycles. The van der Waals surface area contributed by atoms with E-state index >= 15 is 0 Å². The smallest absolute Gasteiger partial charge is 0.0439 e. The van der Waals surface area contributed by atoms with E-state index in [2.05, 4.69) is 12.3 Å². The topological polar surface area (TPSA) is 38.0 Å². The van der Waals surface area contributed by atoms with Crippen LogP contribution in [0.1, 0.15) is 31.7 Å². The molecule has 16 heavy (non-hydrogen) atoms. The Kier molecular flexibility index (Phi) is 6.14. The Morgan fingerprint density at radius 3 is 2.75 bits per heavy atom. The van der Waals surface area contributed by atoms with Crippen LogP contribution in [0.4, 0.5) is 0 Å². The number of rotatable bonds is 6. The number of hydrogen-bond donors (Lipinski definition) is 2. The molecule has 1 aromatic carbocycles. The van der Waals surface area contributed by atoms with Crippen LogP contribution in [0.15, 0.2) is 18.2 Å². The van der Waals surface area contributed by atoms with Crippen LogP contribution in [-0.2, 0) is 6.42 Å². The molecule has 0 spiro atoms. The summed E-state index contributed by atoms with van der Waals surface area (Å²) in [6.07, 6.45) is 4.19. The van der Waals surface area contributed by atoms with Crippen LogP contribution >= 0.6 is 23.2 Å². The minimum Gasteiger partial charge on any atom is -0.271 e. The van der Waals surface area contributed by atoms with Gasteiger partial charge < -0.3 is 0 Å². The molecule has 1 unspecified atom stereocenters. The molecule has 0 fully saturated rings. The number of benzene rings is 1. The number of unbranched alkanes of at least 4 members (excludes halogenated alkanes) is 1. The maximum Gasteiger partial charge on any atom is 0.0439 e. The Labute approximate surface area is 107 Å². The van der Waals surface area contributed by atoms with Crippen molar-refractivity contribution in [2.45, 2.75) is 38.6 Å². The maximum absolute atomic E-state index is 6.10. The van der Waals surface area contributed by atoms with E-state index in [4.69, 9.17) is 29.0 Å². The third kappa shape index (κ3) is 4.30. The maximum atomic E-state index is 6.10. The molecule has 3 N–H and O–H groups in total. The van der Waals surface area contributed by atoms with Gasteiger partial charge in [-0.05, 0) is 36.6 Å². The molecule has 2 nitrogen and oxygen atoms in total. The summed E-state index contributed by atoms with van der Waals surface area (Å²) in [6.45, 7) is 2.17. The fourth-order valence-corrected chi connectivity index (χ4v) is 2.05. The largest absolute Gasteiger partial charge is 0.271 e. The van der Waals surface area contributed by atoms with E-state index in [0.717, 1.165) is 29.8 Å². The van der Waals surface area contributed by atoms with E-state index in [1.54, 1.807) is 6.07 Å². The number of halogens is 2. The van der Waals surface area contributed by atoms with Crippen molar-refractivity contribution in [1.29, 1.82) is 0 Å². The van der Waals surface area contributed by atoms with Gasteiger partial charge in [-0.15, -0.1) is 0 Å². The summed E-state index contributed by atoms with van der Waals surface area (Å²) in [7, 11) is 0. The molecule has 0 radical (unpaired) electrons. The van der Waals surface area contributed by atoms with Crippen LogP contribution in [0.5, 0.6) is 0 Å². The van der Waals surface area contributed by atoms with E-state index in [9.17, 15) is 0 Å². The second kappa shape index (κ2) is 7.13. The van der Waals surface area contributed by atoms with Gasteiger partial charge in [-0.2, -0.15) is 0 Å². The van der Waals surface area contributed by atoms with Crippen molar-refractivity contribution in [3.63, 3.8) is 0 Å². The first-order valence-corrected chi connectivity index (χ1v) is 6.33.